The lowest BCUT2D eigenvalue weighted by molar-refractivity contribution is -0.0420. The third kappa shape index (κ3) is 3.15. The third-order valence-corrected chi connectivity index (χ3v) is 4.26. The van der Waals surface area contributed by atoms with Crippen LogP contribution in [-0.2, 0) is 4.74 Å². The second-order valence-corrected chi connectivity index (χ2v) is 6.13. The summed E-state index contributed by atoms with van der Waals surface area (Å²) in [5.41, 5.74) is 1.40. The Morgan fingerprint density at radius 1 is 1.39 bits per heavy atom. The van der Waals surface area contributed by atoms with Crippen LogP contribution in [0.1, 0.15) is 24.2 Å². The summed E-state index contributed by atoms with van der Waals surface area (Å²) in [6.45, 7) is 6.04. The molecule has 1 atom stereocenters. The predicted molar refractivity (Wildman–Crippen MR) is 88.8 cm³/mol. The molecule has 1 aromatic heterocycles. The van der Waals surface area contributed by atoms with Gasteiger partial charge >= 0.3 is 0 Å². The summed E-state index contributed by atoms with van der Waals surface area (Å²) in [5, 5.41) is 0.853. The SMILES string of the molecule is COc1cc(C(=O)N2CCOC(C(C)C)C2)c2ccccc2n1. The molecule has 1 saturated heterocycles. The quantitative estimate of drug-likeness (QED) is 0.874. The van der Waals surface area contributed by atoms with Crippen LogP contribution < -0.4 is 4.74 Å². The first kappa shape index (κ1) is 15.7. The summed E-state index contributed by atoms with van der Waals surface area (Å²) in [6, 6.07) is 9.38. The van der Waals surface area contributed by atoms with Gasteiger partial charge < -0.3 is 14.4 Å². The van der Waals surface area contributed by atoms with Crippen molar-refractivity contribution < 1.29 is 14.3 Å². The first-order chi connectivity index (χ1) is 11.1. The Morgan fingerprint density at radius 2 is 2.17 bits per heavy atom. The van der Waals surface area contributed by atoms with E-state index in [4.69, 9.17) is 9.47 Å². The zero-order valence-electron chi connectivity index (χ0n) is 13.8. The lowest BCUT2D eigenvalue weighted by Crippen LogP contribution is -2.47. The van der Waals surface area contributed by atoms with E-state index in [1.54, 1.807) is 13.2 Å². The minimum absolute atomic E-state index is 0.0100. The molecule has 1 aromatic carbocycles. The minimum atomic E-state index is 0.0100. The van der Waals surface area contributed by atoms with Crippen molar-refractivity contribution in [2.24, 2.45) is 5.92 Å². The molecule has 0 aliphatic carbocycles. The molecular formula is C18H22N2O3. The Bertz CT molecular complexity index is 714. The standard InChI is InChI=1S/C18H22N2O3/c1-12(2)16-11-20(8-9-23-16)18(21)14-10-17(22-3)19-15-7-5-4-6-13(14)15/h4-7,10,12,16H,8-9,11H2,1-3H3. The van der Waals surface area contributed by atoms with Crippen molar-refractivity contribution in [3.8, 4) is 5.88 Å². The summed E-state index contributed by atoms with van der Waals surface area (Å²) in [6.07, 6.45) is 0.0858. The normalized spacial score (nSPS) is 18.4. The summed E-state index contributed by atoms with van der Waals surface area (Å²) >= 11 is 0. The first-order valence-corrected chi connectivity index (χ1v) is 7.95. The van der Waals surface area contributed by atoms with Crippen molar-refractivity contribution in [1.29, 1.82) is 0 Å². The molecule has 0 bridgehead atoms. The number of morpholine rings is 1. The molecule has 23 heavy (non-hydrogen) atoms. The Balaban J connectivity index is 1.97. The molecule has 0 N–H and O–H groups in total. The number of pyridine rings is 1. The van der Waals surface area contributed by atoms with Crippen LogP contribution in [-0.4, -0.2) is 48.7 Å². The molecule has 1 aliphatic heterocycles. The molecule has 0 saturated carbocycles. The molecule has 0 radical (unpaired) electrons. The van der Waals surface area contributed by atoms with E-state index in [9.17, 15) is 4.79 Å². The van der Waals surface area contributed by atoms with Crippen LogP contribution in [0.3, 0.4) is 0 Å². The van der Waals surface area contributed by atoms with Gasteiger partial charge in [-0.1, -0.05) is 32.0 Å². The molecule has 3 rings (SSSR count). The number of fused-ring (bicyclic) bond motifs is 1. The van der Waals surface area contributed by atoms with Crippen LogP contribution in [0.5, 0.6) is 5.88 Å². The number of para-hydroxylation sites is 1. The number of carbonyl (C=O) groups is 1. The summed E-state index contributed by atoms with van der Waals surface area (Å²) in [4.78, 5) is 19.3. The van der Waals surface area contributed by atoms with Gasteiger partial charge in [0.25, 0.3) is 5.91 Å². The maximum atomic E-state index is 13.0. The van der Waals surface area contributed by atoms with E-state index in [0.29, 0.717) is 37.1 Å². The van der Waals surface area contributed by atoms with Crippen LogP contribution in [0, 0.1) is 5.92 Å². The van der Waals surface area contributed by atoms with Crippen LogP contribution in [0.2, 0.25) is 0 Å². The number of hydrogen-bond acceptors (Lipinski definition) is 4. The molecule has 2 aromatic rings. The molecule has 1 aliphatic rings. The number of benzene rings is 1. The topological polar surface area (TPSA) is 51.7 Å². The number of nitrogens with zero attached hydrogens (tertiary/aromatic N) is 2. The fourth-order valence-electron chi connectivity index (χ4n) is 2.87. The second kappa shape index (κ2) is 6.54. The summed E-state index contributed by atoms with van der Waals surface area (Å²) in [7, 11) is 1.56. The molecule has 5 heteroatoms. The number of rotatable bonds is 3. The summed E-state index contributed by atoms with van der Waals surface area (Å²) in [5.74, 6) is 0.853. The first-order valence-electron chi connectivity index (χ1n) is 7.95. The van der Waals surface area contributed by atoms with E-state index in [2.05, 4.69) is 18.8 Å². The third-order valence-electron chi connectivity index (χ3n) is 4.26. The highest BCUT2D eigenvalue weighted by Crippen LogP contribution is 2.24. The Morgan fingerprint density at radius 3 is 2.91 bits per heavy atom. The van der Waals surface area contributed by atoms with E-state index in [1.165, 1.54) is 0 Å². The Hall–Kier alpha value is -2.14. The van der Waals surface area contributed by atoms with Gasteiger partial charge in [0.05, 0.1) is 30.9 Å². The highest BCUT2D eigenvalue weighted by Gasteiger charge is 2.28. The smallest absolute Gasteiger partial charge is 0.254 e. The van der Waals surface area contributed by atoms with Crippen molar-refractivity contribution >= 4 is 16.8 Å². The van der Waals surface area contributed by atoms with E-state index < -0.39 is 0 Å². The number of hydrogen-bond donors (Lipinski definition) is 0. The Kier molecular flexibility index (Phi) is 4.48. The highest BCUT2D eigenvalue weighted by atomic mass is 16.5. The van der Waals surface area contributed by atoms with E-state index >= 15 is 0 Å². The molecule has 1 amide bonds. The van der Waals surface area contributed by atoms with Crippen LogP contribution in [0.4, 0.5) is 0 Å². The van der Waals surface area contributed by atoms with Crippen LogP contribution >= 0.6 is 0 Å². The van der Waals surface area contributed by atoms with Gasteiger partial charge in [-0.25, -0.2) is 4.98 Å². The average molecular weight is 314 g/mol. The van der Waals surface area contributed by atoms with Gasteiger partial charge in [-0.3, -0.25) is 4.79 Å². The van der Waals surface area contributed by atoms with Crippen LogP contribution in [0.15, 0.2) is 30.3 Å². The molecule has 5 nitrogen and oxygen atoms in total. The zero-order chi connectivity index (χ0) is 16.4. The summed E-state index contributed by atoms with van der Waals surface area (Å²) < 4.78 is 11.0. The Labute approximate surface area is 136 Å². The van der Waals surface area contributed by atoms with E-state index in [-0.39, 0.29) is 12.0 Å². The lowest BCUT2D eigenvalue weighted by Gasteiger charge is -2.35. The fraction of sp³-hybridized carbons (Fsp3) is 0.444. The van der Waals surface area contributed by atoms with Gasteiger partial charge in [-0.2, -0.15) is 0 Å². The van der Waals surface area contributed by atoms with Crippen molar-refractivity contribution in [3.63, 3.8) is 0 Å². The van der Waals surface area contributed by atoms with Crippen molar-refractivity contribution in [2.45, 2.75) is 20.0 Å². The molecule has 0 spiro atoms. The van der Waals surface area contributed by atoms with Crippen molar-refractivity contribution in [2.75, 3.05) is 26.8 Å². The highest BCUT2D eigenvalue weighted by molar-refractivity contribution is 6.06. The molecule has 1 unspecified atom stereocenters. The van der Waals surface area contributed by atoms with E-state index in [1.807, 2.05) is 29.2 Å². The van der Waals surface area contributed by atoms with Crippen LogP contribution in [0.25, 0.3) is 10.9 Å². The molecule has 2 heterocycles. The zero-order valence-corrected chi connectivity index (χ0v) is 13.8. The van der Waals surface area contributed by atoms with Gasteiger partial charge in [-0.05, 0) is 12.0 Å². The van der Waals surface area contributed by atoms with Gasteiger partial charge in [-0.15, -0.1) is 0 Å². The largest absolute Gasteiger partial charge is 0.481 e. The fourth-order valence-corrected chi connectivity index (χ4v) is 2.87. The number of aromatic nitrogens is 1. The van der Waals surface area contributed by atoms with Gasteiger partial charge in [0, 0.05) is 24.5 Å². The minimum Gasteiger partial charge on any atom is -0.481 e. The predicted octanol–water partition coefficient (Wildman–Crippen LogP) is 2.74. The van der Waals surface area contributed by atoms with E-state index in [0.717, 1.165) is 10.9 Å². The number of ether oxygens (including phenoxy) is 2. The number of methoxy groups -OCH3 is 1. The number of amides is 1. The van der Waals surface area contributed by atoms with Gasteiger partial charge in [0.1, 0.15) is 0 Å². The van der Waals surface area contributed by atoms with Crippen molar-refractivity contribution in [1.82, 2.24) is 9.88 Å². The van der Waals surface area contributed by atoms with Gasteiger partial charge in [0.15, 0.2) is 0 Å². The number of carbonyl (C=O) groups excluding carboxylic acids is 1. The maximum Gasteiger partial charge on any atom is 0.254 e. The molecule has 122 valence electrons. The van der Waals surface area contributed by atoms with Gasteiger partial charge in [0.2, 0.25) is 5.88 Å². The molecular weight excluding hydrogens is 292 g/mol. The molecule has 1 fully saturated rings. The monoisotopic (exact) mass is 314 g/mol. The maximum absolute atomic E-state index is 13.0. The average Bonchev–Trinajstić information content (AvgIpc) is 2.60. The second-order valence-electron chi connectivity index (χ2n) is 6.13. The van der Waals surface area contributed by atoms with Crippen molar-refractivity contribution in [3.05, 3.63) is 35.9 Å². The lowest BCUT2D eigenvalue weighted by atomic mass is 10.0.